The quantitative estimate of drug-likeness (QED) is 0.0285. The maximum Gasteiger partial charge on any atom is 0.306 e. The molecule has 2 atom stereocenters. The Morgan fingerprint density at radius 1 is 0.735 bits per heavy atom. The molecule has 0 aromatic carbocycles. The molecule has 3 N–H and O–H groups in total. The molecular formula is C39H76NO8P. The molecule has 0 aliphatic heterocycles. The van der Waals surface area contributed by atoms with Crippen molar-refractivity contribution in [3.63, 3.8) is 0 Å². The lowest BCUT2D eigenvalue weighted by atomic mass is 10.0. The fourth-order valence-corrected chi connectivity index (χ4v) is 4.50. The van der Waals surface area contributed by atoms with Gasteiger partial charge in [-0.2, -0.15) is 0 Å². The van der Waals surface area contributed by atoms with Crippen LogP contribution in [0.3, 0.4) is 0 Å². The first-order valence-electron chi connectivity index (χ1n) is 31.9. The summed E-state index contributed by atoms with van der Waals surface area (Å²) in [7, 11) is -5.19. The van der Waals surface area contributed by atoms with Gasteiger partial charge in [0.25, 0.3) is 7.82 Å². The predicted molar refractivity (Wildman–Crippen MR) is 198 cm³/mol. The van der Waals surface area contributed by atoms with Crippen LogP contribution in [0.1, 0.15) is 235 Å². The molecule has 0 aromatic heterocycles. The van der Waals surface area contributed by atoms with Crippen LogP contribution in [0.2, 0.25) is 0 Å². The summed E-state index contributed by atoms with van der Waals surface area (Å²) in [5.74, 6) is -3.53. The van der Waals surface area contributed by atoms with E-state index in [0.29, 0.717) is 12.8 Å². The Bertz CT molecular complexity index is 2070. The van der Waals surface area contributed by atoms with Gasteiger partial charge in [-0.15, -0.1) is 0 Å². The van der Waals surface area contributed by atoms with Crippen molar-refractivity contribution in [1.29, 1.82) is 0 Å². The van der Waals surface area contributed by atoms with Crippen LogP contribution in [0.25, 0.3) is 0 Å². The maximum atomic E-state index is 13.4. The minimum Gasteiger partial charge on any atom is -0.756 e. The van der Waals surface area contributed by atoms with E-state index in [4.69, 9.17) is 52.0 Å². The number of hydrogen-bond acceptors (Lipinski definition) is 8. The number of carbonyl (C=O) groups excluding carboxylic acids is 2. The molecule has 0 bridgehead atoms. The molecule has 0 heterocycles. The molecule has 0 aromatic rings. The largest absolute Gasteiger partial charge is 0.756 e. The first-order valence-corrected chi connectivity index (χ1v) is 17.9. The minimum atomic E-state index is -5.24. The number of allylic oxidation sites excluding steroid dienone is 2. The van der Waals surface area contributed by atoms with E-state index in [-0.39, 0.29) is 19.4 Å². The second-order valence-corrected chi connectivity index (χ2v) is 11.6. The van der Waals surface area contributed by atoms with E-state index in [9.17, 15) is 19.0 Å². The van der Waals surface area contributed by atoms with E-state index in [1.54, 1.807) is 0 Å². The number of ether oxygens (including phenoxy) is 2. The van der Waals surface area contributed by atoms with Gasteiger partial charge in [0.1, 0.15) is 13.2 Å². The highest BCUT2D eigenvalue weighted by atomic mass is 31.2. The molecule has 1 unspecified atom stereocenters. The van der Waals surface area contributed by atoms with Crippen molar-refractivity contribution in [2.45, 2.75) is 199 Å². The third kappa shape index (κ3) is 36.3. The summed E-state index contributed by atoms with van der Waals surface area (Å²) in [5, 5.41) is 0. The number of quaternary nitrogens is 1. The molecule has 10 heteroatoms. The van der Waals surface area contributed by atoms with E-state index in [1.165, 1.54) is 32.1 Å². The average Bonchev–Trinajstić information content (AvgIpc) is 3.31. The molecule has 0 rings (SSSR count). The first kappa shape index (κ1) is 17.3. The maximum absolute atomic E-state index is 13.4. The number of esters is 2. The zero-order valence-corrected chi connectivity index (χ0v) is 29.3. The van der Waals surface area contributed by atoms with Gasteiger partial charge in [-0.1, -0.05) is 154 Å². The number of rotatable bonds is 38. The number of hydrogen-bond donors (Lipinski definition) is 1. The van der Waals surface area contributed by atoms with Crippen molar-refractivity contribution in [2.24, 2.45) is 0 Å². The third-order valence-electron chi connectivity index (χ3n) is 6.07. The number of carbonyl (C=O) groups is 2. The molecule has 0 spiro atoms. The number of phosphoric acid groups is 1. The molecule has 0 amide bonds. The highest BCUT2D eigenvalue weighted by molar-refractivity contribution is 7.45. The van der Waals surface area contributed by atoms with Crippen molar-refractivity contribution in [2.75, 3.05) is 26.4 Å². The molecular weight excluding hydrogens is 641 g/mol. The van der Waals surface area contributed by atoms with Gasteiger partial charge in [-0.05, 0) is 38.5 Å². The van der Waals surface area contributed by atoms with Crippen LogP contribution in [0.5, 0.6) is 0 Å². The molecule has 0 aliphatic carbocycles. The van der Waals surface area contributed by atoms with Gasteiger partial charge in [0, 0.05) is 55.3 Å². The Morgan fingerprint density at radius 2 is 1.27 bits per heavy atom. The highest BCUT2D eigenvalue weighted by Crippen LogP contribution is 2.38. The van der Waals surface area contributed by atoms with Crippen LogP contribution >= 0.6 is 7.82 Å². The van der Waals surface area contributed by atoms with Crippen LogP contribution in [0.15, 0.2) is 12.2 Å². The summed E-state index contributed by atoms with van der Waals surface area (Å²) in [6, 6.07) is 0. The first-order chi connectivity index (χ1) is 35.5. The second-order valence-electron chi connectivity index (χ2n) is 10.2. The average molecular weight is 749 g/mol. The number of phosphoric ester groups is 1. The summed E-state index contributed by atoms with van der Waals surface area (Å²) in [5.41, 5.74) is 3.38. The lowest BCUT2D eigenvalue weighted by molar-refractivity contribution is -0.373. The summed E-state index contributed by atoms with van der Waals surface area (Å²) < 4.78 is 285. The monoisotopic (exact) mass is 749 g/mol. The van der Waals surface area contributed by atoms with Gasteiger partial charge in [0.15, 0.2) is 6.10 Å². The van der Waals surface area contributed by atoms with E-state index in [1.807, 2.05) is 0 Å². The normalized spacial score (nSPS) is 27.2. The SMILES string of the molecule is [2H]C([2H])([2H])C([2H])([2H])C([2H])([2H])C([2H])([2H])C([2H])([2H])C([2H])([2H])C([2H])([2H])C([2H])([2H])C([2H])([2H])C([2H])([2H])C([2H])([2H])C([2H])([2H])C([2H])([2H])C([2H])([2H])C([2H])([2H])C(=O)OC[C@H](COP(=O)([O-])OCC[NH3+])OC(=O)CCCCCCC/C=C\CCCCCCCC. The standard InChI is InChI=1S/C39H76NO8P/c1-3-5-7-9-11-13-15-17-18-20-22-24-26-28-30-32-39(42)48-37(36-47-49(43,44)46-34-33-40)35-45-38(41)31-29-27-25-23-21-19-16-14-12-10-8-6-4-2/h17-18,37H,3-16,19-36,40H2,1-2H3,(H,43,44)/b18-17-/t37-/m1/s1/i2D3,4D2,6D2,8D2,10D2,12D2,14D2,16D2,19D2,21D2,23D2,25D2,27D2,29D2,31D2. The molecule has 290 valence electrons. The molecule has 9 nitrogen and oxygen atoms in total. The fourth-order valence-electron chi connectivity index (χ4n) is 3.72. The van der Waals surface area contributed by atoms with E-state index in [2.05, 4.69) is 33.9 Å². The van der Waals surface area contributed by atoms with Crippen LogP contribution in [-0.4, -0.2) is 44.4 Å². The smallest absolute Gasteiger partial charge is 0.306 e. The van der Waals surface area contributed by atoms with Crippen molar-refractivity contribution in [3.05, 3.63) is 12.2 Å². The predicted octanol–water partition coefficient (Wildman–Crippen LogP) is 9.70. The van der Waals surface area contributed by atoms with Crippen molar-refractivity contribution in [3.8, 4) is 0 Å². The molecule has 0 radical (unpaired) electrons. The molecule has 0 saturated heterocycles. The Hall–Kier alpha value is -1.25. The molecule has 0 saturated carbocycles. The summed E-state index contributed by atoms with van der Waals surface area (Å²) in [6.07, 6.45) is -55.7. The van der Waals surface area contributed by atoms with Crippen LogP contribution in [-0.2, 0) is 32.7 Å². The molecule has 0 fully saturated rings. The zero-order chi connectivity index (χ0) is 63.7. The van der Waals surface area contributed by atoms with Crippen LogP contribution < -0.4 is 10.6 Å². The Morgan fingerprint density at radius 3 is 1.84 bits per heavy atom. The topological polar surface area (TPSA) is 139 Å². The van der Waals surface area contributed by atoms with E-state index >= 15 is 0 Å². The van der Waals surface area contributed by atoms with Crippen molar-refractivity contribution < 1.29 is 85.8 Å². The van der Waals surface area contributed by atoms with Crippen molar-refractivity contribution >= 4 is 19.8 Å². The van der Waals surface area contributed by atoms with Gasteiger partial charge < -0.3 is 29.1 Å². The number of unbranched alkanes of at least 4 members (excludes halogenated alkanes) is 11. The Kier molecular flexibility index (Phi) is 12.9. The van der Waals surface area contributed by atoms with Crippen LogP contribution in [0, 0.1) is 0 Å². The molecule has 0 aliphatic rings. The van der Waals surface area contributed by atoms with Gasteiger partial charge in [0.2, 0.25) is 0 Å². The lowest BCUT2D eigenvalue weighted by Crippen LogP contribution is -2.52. The third-order valence-corrected chi connectivity index (χ3v) is 7.03. The van der Waals surface area contributed by atoms with Gasteiger partial charge in [0.05, 0.1) is 13.2 Å². The minimum absolute atomic E-state index is 0.0699. The highest BCUT2D eigenvalue weighted by Gasteiger charge is 2.21. The fraction of sp³-hybridized carbons (Fsp3) is 0.897. The second kappa shape index (κ2) is 36.5. The van der Waals surface area contributed by atoms with Gasteiger partial charge >= 0.3 is 11.9 Å². The summed E-state index contributed by atoms with van der Waals surface area (Å²) >= 11 is 0. The molecule has 49 heavy (non-hydrogen) atoms. The van der Waals surface area contributed by atoms with Gasteiger partial charge in [-0.25, -0.2) is 0 Å². The zero-order valence-electron chi connectivity index (χ0n) is 59.4. The Labute approximate surface area is 344 Å². The summed E-state index contributed by atoms with van der Waals surface area (Å²) in [6.45, 7) is -5.15. The summed E-state index contributed by atoms with van der Waals surface area (Å²) in [4.78, 5) is 38.5. The lowest BCUT2D eigenvalue weighted by Gasteiger charge is -2.25. The van der Waals surface area contributed by atoms with E-state index < -0.39 is 142 Å². The van der Waals surface area contributed by atoms with Crippen LogP contribution in [0.4, 0.5) is 0 Å². The Balaban J connectivity index is 6.74. The van der Waals surface area contributed by atoms with Gasteiger partial charge in [-0.3, -0.25) is 14.2 Å². The van der Waals surface area contributed by atoms with E-state index in [0.717, 1.165) is 32.1 Å². The van der Waals surface area contributed by atoms with Crippen molar-refractivity contribution in [1.82, 2.24) is 0 Å².